The van der Waals surface area contributed by atoms with Gasteiger partial charge in [0.2, 0.25) is 5.91 Å². The number of nitrogens with zero attached hydrogens (tertiary/aromatic N) is 1. The molecule has 0 spiro atoms. The molecule has 0 radical (unpaired) electrons. The lowest BCUT2D eigenvalue weighted by Crippen LogP contribution is -2.38. The van der Waals surface area contributed by atoms with Crippen LogP contribution < -0.4 is 0 Å². The lowest BCUT2D eigenvalue weighted by atomic mass is 9.96. The van der Waals surface area contributed by atoms with Gasteiger partial charge in [-0.1, -0.05) is 0 Å². The third-order valence-electron chi connectivity index (χ3n) is 4.07. The van der Waals surface area contributed by atoms with Gasteiger partial charge < -0.3 is 10.0 Å². The van der Waals surface area contributed by atoms with Gasteiger partial charge >= 0.3 is 12.1 Å². The summed E-state index contributed by atoms with van der Waals surface area (Å²) in [5, 5.41) is 8.78. The lowest BCUT2D eigenvalue weighted by Gasteiger charge is -2.21. The molecule has 20 heavy (non-hydrogen) atoms. The highest BCUT2D eigenvalue weighted by Crippen LogP contribution is 2.61. The zero-order valence-electron chi connectivity index (χ0n) is 10.4. The molecule has 1 amide bonds. The zero-order valence-corrected chi connectivity index (χ0v) is 10.4. The number of hydrogen-bond donors (Lipinski definition) is 1. The maximum absolute atomic E-state index is 13.1. The Labute approximate surface area is 110 Å². The van der Waals surface area contributed by atoms with Crippen molar-refractivity contribution in [2.24, 2.45) is 17.3 Å². The number of amides is 1. The molecule has 1 heterocycles. The summed E-state index contributed by atoms with van der Waals surface area (Å²) in [7, 11) is 0. The first kappa shape index (κ1) is 15.0. The topological polar surface area (TPSA) is 57.6 Å². The predicted octanol–water partition coefficient (Wildman–Crippen LogP) is 1.75. The molecule has 114 valence electrons. The van der Waals surface area contributed by atoms with E-state index < -0.39 is 60.7 Å². The van der Waals surface area contributed by atoms with Crippen LogP contribution in [0.15, 0.2) is 0 Å². The van der Waals surface area contributed by atoms with Gasteiger partial charge in [-0.3, -0.25) is 9.59 Å². The van der Waals surface area contributed by atoms with Gasteiger partial charge in [0.25, 0.3) is 5.92 Å². The number of hydrogen-bond acceptors (Lipinski definition) is 2. The van der Waals surface area contributed by atoms with E-state index in [1.165, 1.54) is 0 Å². The molecule has 1 aliphatic carbocycles. The first-order valence-corrected chi connectivity index (χ1v) is 5.87. The van der Waals surface area contributed by atoms with Gasteiger partial charge in [-0.2, -0.15) is 13.2 Å². The van der Waals surface area contributed by atoms with Crippen LogP contribution in [-0.2, 0) is 9.59 Å². The lowest BCUT2D eigenvalue weighted by molar-refractivity contribution is -0.188. The average Bonchev–Trinajstić information content (AvgIpc) is 2.67. The molecule has 3 atom stereocenters. The number of carbonyl (C=O) groups excluding carboxylic acids is 1. The van der Waals surface area contributed by atoms with Crippen molar-refractivity contribution in [3.05, 3.63) is 0 Å². The number of halogens is 5. The molecule has 9 heteroatoms. The van der Waals surface area contributed by atoms with E-state index in [4.69, 9.17) is 5.11 Å². The Kier molecular flexibility index (Phi) is 3.03. The minimum atomic E-state index is -4.79. The van der Waals surface area contributed by atoms with Crippen molar-refractivity contribution in [3.8, 4) is 0 Å². The zero-order chi connectivity index (χ0) is 15.5. The maximum atomic E-state index is 13.1. The van der Waals surface area contributed by atoms with Crippen LogP contribution in [0, 0.1) is 17.3 Å². The molecule has 4 nitrogen and oxygen atoms in total. The normalized spacial score (nSPS) is 36.0. The second-order valence-electron chi connectivity index (χ2n) is 5.52. The van der Waals surface area contributed by atoms with E-state index in [0.717, 1.165) is 6.92 Å². The number of carboxylic acid groups (broad SMARTS) is 1. The molecule has 1 unspecified atom stereocenters. The summed E-state index contributed by atoms with van der Waals surface area (Å²) in [4.78, 5) is 23.3. The van der Waals surface area contributed by atoms with Gasteiger partial charge in [-0.05, 0) is 6.92 Å². The first-order chi connectivity index (χ1) is 8.90. The molecule has 1 N–H and O–H groups in total. The van der Waals surface area contributed by atoms with Crippen molar-refractivity contribution in [3.63, 3.8) is 0 Å². The summed E-state index contributed by atoms with van der Waals surface area (Å²) in [5.74, 6) is -10.1. The van der Waals surface area contributed by atoms with Crippen LogP contribution in [0.1, 0.15) is 13.3 Å². The van der Waals surface area contributed by atoms with Crippen LogP contribution in [0.4, 0.5) is 22.0 Å². The Balaban J connectivity index is 2.17. The molecule has 0 aromatic carbocycles. The molecular formula is C11H12F5NO3. The average molecular weight is 301 g/mol. The number of aliphatic carboxylic acids is 1. The summed E-state index contributed by atoms with van der Waals surface area (Å²) in [6.07, 6.45) is -5.51. The van der Waals surface area contributed by atoms with E-state index in [2.05, 4.69) is 0 Å². The summed E-state index contributed by atoms with van der Waals surface area (Å²) in [5.41, 5.74) is -2.00. The molecule has 2 fully saturated rings. The summed E-state index contributed by atoms with van der Waals surface area (Å²) < 4.78 is 64.3. The molecule has 0 bridgehead atoms. The van der Waals surface area contributed by atoms with E-state index in [9.17, 15) is 31.5 Å². The third-order valence-corrected chi connectivity index (χ3v) is 4.07. The fraction of sp³-hybridized carbons (Fsp3) is 0.818. The summed E-state index contributed by atoms with van der Waals surface area (Å²) in [6, 6.07) is 0. The maximum Gasteiger partial charge on any atom is 0.394 e. The third kappa shape index (κ3) is 2.12. The van der Waals surface area contributed by atoms with Gasteiger partial charge in [0.1, 0.15) is 5.41 Å². The van der Waals surface area contributed by atoms with Gasteiger partial charge in [-0.25, -0.2) is 8.78 Å². The van der Waals surface area contributed by atoms with E-state index in [1.807, 2.05) is 0 Å². The molecule has 2 aliphatic rings. The highest BCUT2D eigenvalue weighted by Gasteiger charge is 2.74. The molecular weight excluding hydrogens is 289 g/mol. The van der Waals surface area contributed by atoms with Crippen molar-refractivity contribution in [1.82, 2.24) is 4.90 Å². The number of likely N-dealkylation sites (tertiary alicyclic amines) is 1. The highest BCUT2D eigenvalue weighted by atomic mass is 19.4. The SMILES string of the molecule is CC1(C(=O)N2C[C@@H](C(F)(F)F)[C@H](C(=O)O)C2)CC1(F)F. The Bertz CT molecular complexity index is 463. The Morgan fingerprint density at radius 3 is 2.05 bits per heavy atom. The van der Waals surface area contributed by atoms with Crippen molar-refractivity contribution in [2.75, 3.05) is 13.1 Å². The number of carboxylic acids is 1. The number of rotatable bonds is 2. The Morgan fingerprint density at radius 2 is 1.75 bits per heavy atom. The van der Waals surface area contributed by atoms with Crippen LogP contribution >= 0.6 is 0 Å². The standard InChI is InChI=1S/C11H12F5NO3/c1-9(4-10(9,12)13)8(20)17-2-5(7(18)19)6(3-17)11(14,15)16/h5-6H,2-4H2,1H3,(H,18,19)/t5-,6-,9?/m1/s1. The highest BCUT2D eigenvalue weighted by molar-refractivity contribution is 5.88. The monoisotopic (exact) mass is 301 g/mol. The van der Waals surface area contributed by atoms with Crippen LogP contribution in [0.2, 0.25) is 0 Å². The van der Waals surface area contributed by atoms with Gasteiger partial charge in [0, 0.05) is 19.5 Å². The number of alkyl halides is 5. The van der Waals surface area contributed by atoms with E-state index >= 15 is 0 Å². The van der Waals surface area contributed by atoms with E-state index in [-0.39, 0.29) is 0 Å². The van der Waals surface area contributed by atoms with Crippen LogP contribution in [-0.4, -0.2) is 47.1 Å². The van der Waals surface area contributed by atoms with Crippen molar-refractivity contribution in [1.29, 1.82) is 0 Å². The van der Waals surface area contributed by atoms with Crippen LogP contribution in [0.25, 0.3) is 0 Å². The largest absolute Gasteiger partial charge is 0.481 e. The Hall–Kier alpha value is -1.41. The van der Waals surface area contributed by atoms with Crippen molar-refractivity contribution >= 4 is 11.9 Å². The molecule has 2 rings (SSSR count). The van der Waals surface area contributed by atoms with Crippen LogP contribution in [0.5, 0.6) is 0 Å². The minimum absolute atomic E-state index is 0.595. The van der Waals surface area contributed by atoms with E-state index in [1.54, 1.807) is 0 Å². The molecule has 1 saturated carbocycles. The molecule has 0 aromatic heterocycles. The summed E-state index contributed by atoms with van der Waals surface area (Å²) >= 11 is 0. The first-order valence-electron chi connectivity index (χ1n) is 5.87. The minimum Gasteiger partial charge on any atom is -0.481 e. The van der Waals surface area contributed by atoms with Crippen molar-refractivity contribution < 1.29 is 36.6 Å². The van der Waals surface area contributed by atoms with E-state index in [0.29, 0.717) is 4.90 Å². The number of carbonyl (C=O) groups is 2. The van der Waals surface area contributed by atoms with Gasteiger partial charge in [0.15, 0.2) is 0 Å². The molecule has 0 aromatic rings. The molecule has 1 aliphatic heterocycles. The molecule has 1 saturated heterocycles. The summed E-state index contributed by atoms with van der Waals surface area (Å²) in [6.45, 7) is -0.596. The fourth-order valence-corrected chi connectivity index (χ4v) is 2.53. The second kappa shape index (κ2) is 4.05. The Morgan fingerprint density at radius 1 is 1.25 bits per heavy atom. The van der Waals surface area contributed by atoms with Crippen LogP contribution in [0.3, 0.4) is 0 Å². The predicted molar refractivity (Wildman–Crippen MR) is 54.9 cm³/mol. The quantitative estimate of drug-likeness (QED) is 0.791. The smallest absolute Gasteiger partial charge is 0.394 e. The fourth-order valence-electron chi connectivity index (χ4n) is 2.53. The second-order valence-corrected chi connectivity index (χ2v) is 5.52. The van der Waals surface area contributed by atoms with Gasteiger partial charge in [0.05, 0.1) is 11.8 Å². The van der Waals surface area contributed by atoms with Crippen molar-refractivity contribution in [2.45, 2.75) is 25.4 Å². The van der Waals surface area contributed by atoms with Gasteiger partial charge in [-0.15, -0.1) is 0 Å².